The maximum atomic E-state index is 6.04. The highest BCUT2D eigenvalue weighted by Gasteiger charge is 2.36. The Bertz CT molecular complexity index is 472. The molecule has 0 amide bonds. The third-order valence-electron chi connectivity index (χ3n) is 4.57. The summed E-state index contributed by atoms with van der Waals surface area (Å²) < 4.78 is 5.93. The van der Waals surface area contributed by atoms with Crippen molar-refractivity contribution in [3.05, 3.63) is 29.3 Å². The van der Waals surface area contributed by atoms with E-state index in [0.717, 1.165) is 19.6 Å². The molecule has 2 N–H and O–H groups in total. The molecular formula is C17H26N2O. The Morgan fingerprint density at radius 2 is 2.25 bits per heavy atom. The van der Waals surface area contributed by atoms with E-state index in [-0.39, 0.29) is 6.04 Å². The zero-order chi connectivity index (χ0) is 14.1. The Hall–Kier alpha value is -1.06. The molecule has 0 radical (unpaired) electrons. The molecule has 0 spiro atoms. The van der Waals surface area contributed by atoms with Crippen LogP contribution in [-0.4, -0.2) is 31.3 Å². The first-order chi connectivity index (χ1) is 9.65. The molecule has 20 heavy (non-hydrogen) atoms. The van der Waals surface area contributed by atoms with Crippen molar-refractivity contribution in [3.8, 4) is 0 Å². The fourth-order valence-electron chi connectivity index (χ4n) is 3.73. The Balaban J connectivity index is 1.91. The highest BCUT2D eigenvalue weighted by atomic mass is 16.5. The first kappa shape index (κ1) is 13.9. The summed E-state index contributed by atoms with van der Waals surface area (Å²) in [5.74, 6) is 0. The van der Waals surface area contributed by atoms with Crippen molar-refractivity contribution in [2.75, 3.05) is 18.1 Å². The minimum atomic E-state index is 0.205. The number of anilines is 1. The lowest BCUT2D eigenvalue weighted by molar-refractivity contribution is 0.0256. The van der Waals surface area contributed by atoms with E-state index in [2.05, 4.69) is 36.9 Å². The van der Waals surface area contributed by atoms with Gasteiger partial charge in [0, 0.05) is 18.3 Å². The second kappa shape index (κ2) is 5.74. The van der Waals surface area contributed by atoms with E-state index >= 15 is 0 Å². The smallest absolute Gasteiger partial charge is 0.0779 e. The van der Waals surface area contributed by atoms with Crippen molar-refractivity contribution in [2.24, 2.45) is 5.73 Å². The molecule has 3 heteroatoms. The van der Waals surface area contributed by atoms with Crippen molar-refractivity contribution >= 4 is 5.69 Å². The van der Waals surface area contributed by atoms with E-state index in [1.54, 1.807) is 0 Å². The number of morpholine rings is 1. The zero-order valence-corrected chi connectivity index (χ0v) is 12.6. The highest BCUT2D eigenvalue weighted by Crippen LogP contribution is 2.35. The summed E-state index contributed by atoms with van der Waals surface area (Å²) >= 11 is 0. The van der Waals surface area contributed by atoms with Crippen molar-refractivity contribution in [1.29, 1.82) is 0 Å². The van der Waals surface area contributed by atoms with Crippen LogP contribution in [0.5, 0.6) is 0 Å². The van der Waals surface area contributed by atoms with Crippen molar-refractivity contribution in [3.63, 3.8) is 0 Å². The third-order valence-corrected chi connectivity index (χ3v) is 4.57. The molecule has 2 fully saturated rings. The maximum absolute atomic E-state index is 6.04. The van der Waals surface area contributed by atoms with Gasteiger partial charge in [-0.25, -0.2) is 0 Å². The van der Waals surface area contributed by atoms with E-state index < -0.39 is 0 Å². The number of hydrogen-bond donors (Lipinski definition) is 1. The van der Waals surface area contributed by atoms with Gasteiger partial charge in [0.05, 0.1) is 18.8 Å². The summed E-state index contributed by atoms with van der Waals surface area (Å²) in [7, 11) is 0. The number of hydrogen-bond acceptors (Lipinski definition) is 3. The summed E-state index contributed by atoms with van der Waals surface area (Å²) in [6, 6.07) is 7.58. The standard InChI is InChI=1S/C17H26N2O/c1-12-6-7-15(14(10-12)11-13(2)18)19-8-9-20-17-5-3-4-16(17)19/h6-7,10,13,16-17H,3-5,8-9,11,18H2,1-2H3. The van der Waals surface area contributed by atoms with Crippen LogP contribution in [0, 0.1) is 6.92 Å². The fraction of sp³-hybridized carbons (Fsp3) is 0.647. The Morgan fingerprint density at radius 3 is 3.05 bits per heavy atom. The Labute approximate surface area is 122 Å². The predicted octanol–water partition coefficient (Wildman–Crippen LogP) is 2.64. The molecule has 1 heterocycles. The first-order valence-corrected chi connectivity index (χ1v) is 7.88. The minimum Gasteiger partial charge on any atom is -0.374 e. The van der Waals surface area contributed by atoms with Crippen LogP contribution in [0.3, 0.4) is 0 Å². The summed E-state index contributed by atoms with van der Waals surface area (Å²) in [6.07, 6.45) is 5.16. The van der Waals surface area contributed by atoms with Crippen LogP contribution in [0.15, 0.2) is 18.2 Å². The molecule has 1 aromatic rings. The van der Waals surface area contributed by atoms with Gasteiger partial charge in [0.2, 0.25) is 0 Å². The van der Waals surface area contributed by atoms with Gasteiger partial charge in [0.25, 0.3) is 0 Å². The largest absolute Gasteiger partial charge is 0.374 e. The average Bonchev–Trinajstić information content (AvgIpc) is 2.86. The normalized spacial score (nSPS) is 27.4. The monoisotopic (exact) mass is 274 g/mol. The van der Waals surface area contributed by atoms with Gasteiger partial charge in [-0.1, -0.05) is 17.7 Å². The van der Waals surface area contributed by atoms with Crippen LogP contribution in [0.1, 0.15) is 37.3 Å². The molecule has 1 saturated carbocycles. The number of rotatable bonds is 3. The SMILES string of the molecule is Cc1ccc(N2CCOC3CCCC32)c(CC(C)N)c1. The minimum absolute atomic E-state index is 0.205. The van der Waals surface area contributed by atoms with Gasteiger partial charge in [-0.05, 0) is 51.2 Å². The number of fused-ring (bicyclic) bond motifs is 1. The van der Waals surface area contributed by atoms with Crippen molar-refractivity contribution < 1.29 is 4.74 Å². The fourth-order valence-corrected chi connectivity index (χ4v) is 3.73. The maximum Gasteiger partial charge on any atom is 0.0779 e. The van der Waals surface area contributed by atoms with Crippen molar-refractivity contribution in [1.82, 2.24) is 0 Å². The summed E-state index contributed by atoms with van der Waals surface area (Å²) in [5, 5.41) is 0. The van der Waals surface area contributed by atoms with Gasteiger partial charge < -0.3 is 15.4 Å². The van der Waals surface area contributed by atoms with Gasteiger partial charge in [-0.2, -0.15) is 0 Å². The van der Waals surface area contributed by atoms with E-state index in [0.29, 0.717) is 12.1 Å². The van der Waals surface area contributed by atoms with Crippen LogP contribution in [-0.2, 0) is 11.2 Å². The molecule has 1 saturated heterocycles. The van der Waals surface area contributed by atoms with Gasteiger partial charge in [0.15, 0.2) is 0 Å². The molecule has 1 aliphatic heterocycles. The topological polar surface area (TPSA) is 38.5 Å². The van der Waals surface area contributed by atoms with Crippen LogP contribution in [0.4, 0.5) is 5.69 Å². The molecule has 0 bridgehead atoms. The number of ether oxygens (including phenoxy) is 1. The average molecular weight is 274 g/mol. The van der Waals surface area contributed by atoms with Crippen LogP contribution in [0.2, 0.25) is 0 Å². The first-order valence-electron chi connectivity index (χ1n) is 7.88. The van der Waals surface area contributed by atoms with Crippen LogP contribution >= 0.6 is 0 Å². The predicted molar refractivity (Wildman–Crippen MR) is 83.3 cm³/mol. The number of aryl methyl sites for hydroxylation is 1. The second-order valence-electron chi connectivity index (χ2n) is 6.41. The van der Waals surface area contributed by atoms with E-state index in [1.807, 2.05) is 0 Å². The quantitative estimate of drug-likeness (QED) is 0.921. The molecule has 1 aliphatic carbocycles. The van der Waals surface area contributed by atoms with E-state index in [4.69, 9.17) is 10.5 Å². The van der Waals surface area contributed by atoms with Crippen LogP contribution in [0.25, 0.3) is 0 Å². The molecule has 110 valence electrons. The molecule has 0 aromatic heterocycles. The number of benzene rings is 1. The number of nitrogens with zero attached hydrogens (tertiary/aromatic N) is 1. The lowest BCUT2D eigenvalue weighted by Crippen LogP contribution is -2.49. The van der Waals surface area contributed by atoms with Gasteiger partial charge in [-0.3, -0.25) is 0 Å². The summed E-state index contributed by atoms with van der Waals surface area (Å²) in [4.78, 5) is 2.58. The van der Waals surface area contributed by atoms with E-state index in [1.165, 1.54) is 36.1 Å². The lowest BCUT2D eigenvalue weighted by Gasteiger charge is -2.40. The molecule has 3 atom stereocenters. The van der Waals surface area contributed by atoms with Gasteiger partial charge in [0.1, 0.15) is 0 Å². The van der Waals surface area contributed by atoms with Crippen molar-refractivity contribution in [2.45, 2.75) is 57.7 Å². The molecular weight excluding hydrogens is 248 g/mol. The van der Waals surface area contributed by atoms with E-state index in [9.17, 15) is 0 Å². The summed E-state index contributed by atoms with van der Waals surface area (Å²) in [5.41, 5.74) is 10.1. The second-order valence-corrected chi connectivity index (χ2v) is 6.41. The van der Waals surface area contributed by atoms with Crippen LogP contribution < -0.4 is 10.6 Å². The number of nitrogens with two attached hydrogens (primary N) is 1. The zero-order valence-electron chi connectivity index (χ0n) is 12.6. The Kier molecular flexibility index (Phi) is 3.99. The molecule has 3 unspecified atom stereocenters. The lowest BCUT2D eigenvalue weighted by atomic mass is 10.00. The molecule has 3 rings (SSSR count). The summed E-state index contributed by atoms with van der Waals surface area (Å²) in [6.45, 7) is 6.11. The third kappa shape index (κ3) is 2.70. The molecule has 2 aliphatic rings. The Morgan fingerprint density at radius 1 is 1.40 bits per heavy atom. The highest BCUT2D eigenvalue weighted by molar-refractivity contribution is 5.57. The molecule has 3 nitrogen and oxygen atoms in total. The van der Waals surface area contributed by atoms with Gasteiger partial charge in [-0.15, -0.1) is 0 Å². The molecule has 1 aromatic carbocycles. The van der Waals surface area contributed by atoms with Gasteiger partial charge >= 0.3 is 0 Å².